The number of esters is 2. The Morgan fingerprint density at radius 2 is 1.81 bits per heavy atom. The third kappa shape index (κ3) is 5.51. The molecule has 1 aromatic rings. The molecule has 0 amide bonds. The number of methoxy groups -OCH3 is 1. The molecule has 8 nitrogen and oxygen atoms in total. The van der Waals surface area contributed by atoms with Crippen LogP contribution in [0, 0.1) is 10.1 Å². The summed E-state index contributed by atoms with van der Waals surface area (Å²) in [4.78, 5) is 36.7. The normalized spacial score (nSPS) is 17.1. The van der Waals surface area contributed by atoms with Gasteiger partial charge in [-0.3, -0.25) is 10.1 Å². The molecule has 0 aliphatic carbocycles. The van der Waals surface area contributed by atoms with Crippen LogP contribution in [0.2, 0.25) is 0 Å². The second-order valence-corrected chi connectivity index (χ2v) is 7.56. The van der Waals surface area contributed by atoms with Gasteiger partial charge < -0.3 is 14.8 Å². The third-order valence-electron chi connectivity index (χ3n) is 5.41. The van der Waals surface area contributed by atoms with Crippen LogP contribution >= 0.6 is 0 Å². The Morgan fingerprint density at radius 3 is 2.35 bits per heavy atom. The van der Waals surface area contributed by atoms with Crippen LogP contribution in [0.1, 0.15) is 64.9 Å². The van der Waals surface area contributed by atoms with Crippen molar-refractivity contribution in [3.63, 3.8) is 0 Å². The van der Waals surface area contributed by atoms with Crippen LogP contribution in [0.5, 0.6) is 0 Å². The summed E-state index contributed by atoms with van der Waals surface area (Å²) in [6.07, 6.45) is 3.10. The number of rotatable bonds is 9. The van der Waals surface area contributed by atoms with E-state index in [4.69, 9.17) is 9.47 Å². The minimum Gasteiger partial charge on any atom is -0.466 e. The van der Waals surface area contributed by atoms with E-state index in [9.17, 15) is 19.7 Å². The number of nitrogens with zero attached hydrogens (tertiary/aromatic N) is 1. The van der Waals surface area contributed by atoms with Crippen LogP contribution in [0.3, 0.4) is 0 Å². The summed E-state index contributed by atoms with van der Waals surface area (Å²) >= 11 is 0. The molecule has 0 radical (unpaired) electrons. The van der Waals surface area contributed by atoms with Crippen molar-refractivity contribution in [1.82, 2.24) is 5.32 Å². The SMILES string of the molecule is CCCCC(CC)OC(=O)C1=C(C)NC(C)=C(C(=O)OC)C1c1cccc([N+](=O)[O-])c1. The van der Waals surface area contributed by atoms with Gasteiger partial charge in [0.25, 0.3) is 5.69 Å². The van der Waals surface area contributed by atoms with E-state index < -0.39 is 22.8 Å². The van der Waals surface area contributed by atoms with E-state index in [0.29, 0.717) is 23.4 Å². The maximum atomic E-state index is 13.3. The summed E-state index contributed by atoms with van der Waals surface area (Å²) in [7, 11) is 1.26. The van der Waals surface area contributed by atoms with Gasteiger partial charge in [0, 0.05) is 23.5 Å². The molecule has 0 saturated heterocycles. The number of ether oxygens (including phenoxy) is 2. The lowest BCUT2D eigenvalue weighted by Gasteiger charge is -2.31. The quantitative estimate of drug-likeness (QED) is 0.349. The van der Waals surface area contributed by atoms with E-state index in [2.05, 4.69) is 12.2 Å². The van der Waals surface area contributed by atoms with Crippen LogP contribution in [-0.2, 0) is 19.1 Å². The number of hydrogen-bond donors (Lipinski definition) is 1. The van der Waals surface area contributed by atoms with Gasteiger partial charge >= 0.3 is 11.9 Å². The van der Waals surface area contributed by atoms with Crippen LogP contribution in [0.25, 0.3) is 0 Å². The number of carbonyl (C=O) groups is 2. The first-order chi connectivity index (χ1) is 14.7. The highest BCUT2D eigenvalue weighted by Crippen LogP contribution is 2.40. The number of hydrogen-bond acceptors (Lipinski definition) is 7. The summed E-state index contributed by atoms with van der Waals surface area (Å²) < 4.78 is 10.8. The molecule has 1 heterocycles. The lowest BCUT2D eigenvalue weighted by molar-refractivity contribution is -0.384. The number of nitro groups is 1. The van der Waals surface area contributed by atoms with Crippen LogP contribution in [0.15, 0.2) is 46.8 Å². The van der Waals surface area contributed by atoms with E-state index >= 15 is 0 Å². The molecule has 1 aliphatic rings. The fraction of sp³-hybridized carbons (Fsp3) is 0.478. The van der Waals surface area contributed by atoms with Crippen LogP contribution < -0.4 is 5.32 Å². The highest BCUT2D eigenvalue weighted by molar-refractivity contribution is 6.00. The molecule has 2 unspecified atom stereocenters. The molecule has 1 N–H and O–H groups in total. The zero-order chi connectivity index (χ0) is 23.1. The van der Waals surface area contributed by atoms with E-state index in [1.54, 1.807) is 19.9 Å². The molecular formula is C23H30N2O6. The standard InChI is InChI=1S/C23H30N2O6/c1-6-8-12-18(7-2)31-23(27)20-15(4)24-14(3)19(22(26)30-5)21(20)16-10-9-11-17(13-16)25(28)29/h9-11,13,18,21,24H,6-8,12H2,1-5H3. The third-order valence-corrected chi connectivity index (χ3v) is 5.41. The van der Waals surface area contributed by atoms with E-state index in [1.165, 1.54) is 25.3 Å². The van der Waals surface area contributed by atoms with Gasteiger partial charge in [0.2, 0.25) is 0 Å². The Morgan fingerprint density at radius 1 is 1.16 bits per heavy atom. The zero-order valence-corrected chi connectivity index (χ0v) is 18.7. The van der Waals surface area contributed by atoms with Crippen LogP contribution in [0.4, 0.5) is 5.69 Å². The smallest absolute Gasteiger partial charge is 0.337 e. The minimum absolute atomic E-state index is 0.127. The Hall–Kier alpha value is -3.16. The highest BCUT2D eigenvalue weighted by atomic mass is 16.6. The minimum atomic E-state index is -0.843. The predicted octanol–water partition coefficient (Wildman–Crippen LogP) is 4.51. The zero-order valence-electron chi connectivity index (χ0n) is 18.7. The lowest BCUT2D eigenvalue weighted by Crippen LogP contribution is -2.33. The predicted molar refractivity (Wildman–Crippen MR) is 116 cm³/mol. The molecule has 0 spiro atoms. The monoisotopic (exact) mass is 430 g/mol. The summed E-state index contributed by atoms with van der Waals surface area (Å²) in [5.74, 6) is -2.00. The summed E-state index contributed by atoms with van der Waals surface area (Å²) in [6, 6.07) is 5.94. The first-order valence-corrected chi connectivity index (χ1v) is 10.5. The van der Waals surface area contributed by atoms with Gasteiger partial charge in [-0.1, -0.05) is 38.8 Å². The summed E-state index contributed by atoms with van der Waals surface area (Å²) in [5, 5.41) is 14.4. The Bertz CT molecular complexity index is 918. The van der Waals surface area contributed by atoms with Crippen molar-refractivity contribution in [3.8, 4) is 0 Å². The number of dihydropyridines is 1. The molecule has 0 fully saturated rings. The molecule has 1 aromatic carbocycles. The van der Waals surface area contributed by atoms with E-state index in [0.717, 1.165) is 19.3 Å². The topological polar surface area (TPSA) is 108 Å². The second kappa shape index (κ2) is 10.7. The van der Waals surface area contributed by atoms with Crippen molar-refractivity contribution in [1.29, 1.82) is 0 Å². The Balaban J connectivity index is 2.57. The van der Waals surface area contributed by atoms with Gasteiger partial charge in [0.05, 0.1) is 29.1 Å². The second-order valence-electron chi connectivity index (χ2n) is 7.56. The van der Waals surface area contributed by atoms with Gasteiger partial charge in [0.1, 0.15) is 6.10 Å². The number of nitro benzene ring substituents is 1. The molecule has 2 rings (SSSR count). The summed E-state index contributed by atoms with van der Waals surface area (Å²) in [5.41, 5.74) is 1.86. The maximum absolute atomic E-state index is 13.3. The molecular weight excluding hydrogens is 400 g/mol. The molecule has 1 aliphatic heterocycles. The highest BCUT2D eigenvalue weighted by Gasteiger charge is 2.38. The van der Waals surface area contributed by atoms with Gasteiger partial charge in [-0.15, -0.1) is 0 Å². The van der Waals surface area contributed by atoms with Crippen molar-refractivity contribution in [2.24, 2.45) is 0 Å². The first-order valence-electron chi connectivity index (χ1n) is 10.5. The Kier molecular flexibility index (Phi) is 8.36. The van der Waals surface area contributed by atoms with Crippen molar-refractivity contribution in [3.05, 3.63) is 62.5 Å². The molecule has 0 aromatic heterocycles. The molecule has 2 atom stereocenters. The number of nitrogens with one attached hydrogen (secondary N) is 1. The number of unbranched alkanes of at least 4 members (excludes halogenated alkanes) is 1. The fourth-order valence-electron chi connectivity index (χ4n) is 3.79. The van der Waals surface area contributed by atoms with Crippen molar-refractivity contribution in [2.45, 2.75) is 65.4 Å². The molecule has 168 valence electrons. The maximum Gasteiger partial charge on any atom is 0.337 e. The van der Waals surface area contributed by atoms with E-state index in [-0.39, 0.29) is 22.9 Å². The Labute approximate surface area is 182 Å². The van der Waals surface area contributed by atoms with Crippen molar-refractivity contribution < 1.29 is 24.0 Å². The number of carbonyl (C=O) groups excluding carboxylic acids is 2. The van der Waals surface area contributed by atoms with E-state index in [1.807, 2.05) is 6.92 Å². The number of allylic oxidation sites excluding steroid dienone is 2. The van der Waals surface area contributed by atoms with Crippen LogP contribution in [-0.4, -0.2) is 30.1 Å². The fourth-order valence-corrected chi connectivity index (χ4v) is 3.79. The first kappa shape index (κ1) is 24.1. The van der Waals surface area contributed by atoms with Gasteiger partial charge in [-0.05, 0) is 32.3 Å². The molecule has 0 saturated carbocycles. The molecule has 0 bridgehead atoms. The van der Waals surface area contributed by atoms with Gasteiger partial charge in [-0.2, -0.15) is 0 Å². The summed E-state index contributed by atoms with van der Waals surface area (Å²) in [6.45, 7) is 7.46. The van der Waals surface area contributed by atoms with Crippen molar-refractivity contribution >= 4 is 17.6 Å². The van der Waals surface area contributed by atoms with Gasteiger partial charge in [-0.25, -0.2) is 9.59 Å². The largest absolute Gasteiger partial charge is 0.466 e. The lowest BCUT2D eigenvalue weighted by atomic mass is 9.80. The van der Waals surface area contributed by atoms with Crippen molar-refractivity contribution in [2.75, 3.05) is 7.11 Å². The average Bonchev–Trinajstić information content (AvgIpc) is 2.75. The number of benzene rings is 1. The molecule has 8 heteroatoms. The van der Waals surface area contributed by atoms with Gasteiger partial charge in [0.15, 0.2) is 0 Å². The molecule has 31 heavy (non-hydrogen) atoms. The average molecular weight is 431 g/mol. The number of non-ortho nitro benzene ring substituents is 1.